The molecule has 1 unspecified atom stereocenters. The number of nitrogens with zero attached hydrogens (tertiary/aromatic N) is 2. The molecule has 154 valence electrons. The number of rotatable bonds is 9. The van der Waals surface area contributed by atoms with Gasteiger partial charge in [0.1, 0.15) is 5.75 Å². The van der Waals surface area contributed by atoms with Gasteiger partial charge in [0.15, 0.2) is 5.96 Å². The second-order valence-electron chi connectivity index (χ2n) is 6.59. The Hall–Kier alpha value is -0.830. The summed E-state index contributed by atoms with van der Waals surface area (Å²) in [5, 5.41) is 7.03. The lowest BCUT2D eigenvalue weighted by Crippen LogP contribution is -2.51. The average molecular weight is 506 g/mol. The Kier molecular flexibility index (Phi) is 12.7. The number of piperidine rings is 1. The minimum atomic E-state index is 0. The first kappa shape index (κ1) is 24.2. The molecule has 1 fully saturated rings. The van der Waals surface area contributed by atoms with Crippen LogP contribution in [0.25, 0.3) is 0 Å². The van der Waals surface area contributed by atoms with E-state index in [1.165, 1.54) is 30.7 Å². The van der Waals surface area contributed by atoms with E-state index in [1.807, 2.05) is 17.8 Å². The van der Waals surface area contributed by atoms with Crippen LogP contribution in [0.3, 0.4) is 0 Å². The highest BCUT2D eigenvalue weighted by molar-refractivity contribution is 14.0. The number of aliphatic imine (C=N–C) groups is 1. The first-order valence-corrected chi connectivity index (χ1v) is 11.1. The standard InChI is InChI=1S/C20H34N4OS.HI/c1-4-21-20(22-12-5-6-14-26-3)23-17-9-8-13-24(16-17)18-10-7-11-19(15-18)25-2;/h7,10-11,15,17H,4-6,8-9,12-14,16H2,1-3H3,(H2,21,22,23);1H. The first-order chi connectivity index (χ1) is 12.8. The van der Waals surface area contributed by atoms with Gasteiger partial charge in [-0.1, -0.05) is 6.07 Å². The number of nitrogens with one attached hydrogen (secondary N) is 2. The minimum Gasteiger partial charge on any atom is -0.497 e. The zero-order valence-electron chi connectivity index (χ0n) is 16.9. The summed E-state index contributed by atoms with van der Waals surface area (Å²) in [6, 6.07) is 8.75. The molecule has 0 radical (unpaired) electrons. The summed E-state index contributed by atoms with van der Waals surface area (Å²) in [6.45, 7) is 5.98. The van der Waals surface area contributed by atoms with E-state index in [0.717, 1.165) is 44.3 Å². The van der Waals surface area contributed by atoms with Gasteiger partial charge in [-0.25, -0.2) is 0 Å². The number of methoxy groups -OCH3 is 1. The van der Waals surface area contributed by atoms with Crippen LogP contribution < -0.4 is 20.3 Å². The van der Waals surface area contributed by atoms with E-state index >= 15 is 0 Å². The van der Waals surface area contributed by atoms with Crippen molar-refractivity contribution in [1.29, 1.82) is 0 Å². The fourth-order valence-corrected chi connectivity index (χ4v) is 3.69. The number of ether oxygens (including phenoxy) is 1. The van der Waals surface area contributed by atoms with Crippen LogP contribution in [0, 0.1) is 0 Å². The third-order valence-electron chi connectivity index (χ3n) is 4.55. The summed E-state index contributed by atoms with van der Waals surface area (Å²) in [5.74, 6) is 3.09. The molecule has 0 amide bonds. The number of hydrogen-bond acceptors (Lipinski definition) is 4. The van der Waals surface area contributed by atoms with Crippen LogP contribution in [0.1, 0.15) is 32.6 Å². The van der Waals surface area contributed by atoms with Crippen molar-refractivity contribution in [3.8, 4) is 5.75 Å². The van der Waals surface area contributed by atoms with Gasteiger partial charge in [-0.05, 0) is 56.7 Å². The van der Waals surface area contributed by atoms with E-state index < -0.39 is 0 Å². The average Bonchev–Trinajstić information content (AvgIpc) is 2.68. The van der Waals surface area contributed by atoms with Crippen molar-refractivity contribution in [1.82, 2.24) is 10.6 Å². The number of unbranched alkanes of at least 4 members (excludes halogenated alkanes) is 1. The molecule has 2 N–H and O–H groups in total. The molecular weight excluding hydrogens is 471 g/mol. The second-order valence-corrected chi connectivity index (χ2v) is 7.58. The number of guanidine groups is 1. The van der Waals surface area contributed by atoms with Gasteiger partial charge in [-0.2, -0.15) is 11.8 Å². The Labute approximate surface area is 186 Å². The van der Waals surface area contributed by atoms with E-state index in [2.05, 4.69) is 46.9 Å². The molecule has 1 heterocycles. The Bertz CT molecular complexity index is 559. The van der Waals surface area contributed by atoms with Crippen molar-refractivity contribution >= 4 is 47.4 Å². The molecule has 1 atom stereocenters. The Morgan fingerprint density at radius 3 is 2.96 bits per heavy atom. The molecule has 1 aromatic rings. The van der Waals surface area contributed by atoms with Gasteiger partial charge in [0.05, 0.1) is 7.11 Å². The molecule has 7 heteroatoms. The molecule has 1 aromatic carbocycles. The number of thioether (sulfide) groups is 1. The molecule has 27 heavy (non-hydrogen) atoms. The third kappa shape index (κ3) is 8.81. The van der Waals surface area contributed by atoms with Crippen molar-refractivity contribution in [3.05, 3.63) is 24.3 Å². The predicted octanol–water partition coefficient (Wildman–Crippen LogP) is 3.98. The summed E-state index contributed by atoms with van der Waals surface area (Å²) >= 11 is 1.91. The zero-order valence-corrected chi connectivity index (χ0v) is 20.0. The van der Waals surface area contributed by atoms with E-state index in [4.69, 9.17) is 9.73 Å². The molecule has 0 saturated carbocycles. The molecule has 0 bridgehead atoms. The van der Waals surface area contributed by atoms with Gasteiger partial charge in [0.2, 0.25) is 0 Å². The van der Waals surface area contributed by atoms with Gasteiger partial charge in [-0.15, -0.1) is 24.0 Å². The highest BCUT2D eigenvalue weighted by atomic mass is 127. The molecule has 2 rings (SSSR count). The molecule has 1 aliphatic rings. The van der Waals surface area contributed by atoms with Crippen molar-refractivity contribution in [2.45, 2.75) is 38.6 Å². The quantitative estimate of drug-likeness (QED) is 0.230. The summed E-state index contributed by atoms with van der Waals surface area (Å²) < 4.78 is 5.37. The Morgan fingerprint density at radius 1 is 1.37 bits per heavy atom. The molecule has 0 aromatic heterocycles. The van der Waals surface area contributed by atoms with Crippen molar-refractivity contribution in [2.75, 3.05) is 50.2 Å². The van der Waals surface area contributed by atoms with E-state index in [1.54, 1.807) is 7.11 Å². The fourth-order valence-electron chi connectivity index (χ4n) is 3.20. The monoisotopic (exact) mass is 506 g/mol. The van der Waals surface area contributed by atoms with Gasteiger partial charge >= 0.3 is 0 Å². The third-order valence-corrected chi connectivity index (χ3v) is 5.25. The number of hydrogen-bond donors (Lipinski definition) is 2. The maximum atomic E-state index is 5.37. The molecule has 1 saturated heterocycles. The van der Waals surface area contributed by atoms with Gasteiger partial charge < -0.3 is 20.3 Å². The maximum Gasteiger partial charge on any atom is 0.191 e. The van der Waals surface area contributed by atoms with Gasteiger partial charge in [-0.3, -0.25) is 4.99 Å². The van der Waals surface area contributed by atoms with Crippen LogP contribution in [0.4, 0.5) is 5.69 Å². The highest BCUT2D eigenvalue weighted by Crippen LogP contribution is 2.24. The zero-order chi connectivity index (χ0) is 18.6. The van der Waals surface area contributed by atoms with E-state index in [-0.39, 0.29) is 24.0 Å². The van der Waals surface area contributed by atoms with Crippen LogP contribution in [-0.4, -0.2) is 57.3 Å². The van der Waals surface area contributed by atoms with Crippen LogP contribution in [0.15, 0.2) is 29.3 Å². The minimum absolute atomic E-state index is 0. The maximum absolute atomic E-state index is 5.37. The lowest BCUT2D eigenvalue weighted by Gasteiger charge is -2.35. The molecule has 0 spiro atoms. The van der Waals surface area contributed by atoms with E-state index in [9.17, 15) is 0 Å². The lowest BCUT2D eigenvalue weighted by molar-refractivity contribution is 0.414. The van der Waals surface area contributed by atoms with Crippen molar-refractivity contribution in [3.63, 3.8) is 0 Å². The van der Waals surface area contributed by atoms with Crippen LogP contribution in [0.5, 0.6) is 5.75 Å². The fraction of sp³-hybridized carbons (Fsp3) is 0.650. The highest BCUT2D eigenvalue weighted by Gasteiger charge is 2.21. The largest absolute Gasteiger partial charge is 0.497 e. The first-order valence-electron chi connectivity index (χ1n) is 9.69. The Balaban J connectivity index is 0.00000364. The molecular formula is C20H35IN4OS. The predicted molar refractivity (Wildman–Crippen MR) is 130 cm³/mol. The van der Waals surface area contributed by atoms with E-state index in [0.29, 0.717) is 6.04 Å². The summed E-state index contributed by atoms with van der Waals surface area (Å²) in [4.78, 5) is 7.19. The second kappa shape index (κ2) is 14.2. The van der Waals surface area contributed by atoms with Crippen molar-refractivity contribution in [2.24, 2.45) is 4.99 Å². The molecule has 0 aliphatic carbocycles. The van der Waals surface area contributed by atoms with Crippen LogP contribution in [-0.2, 0) is 0 Å². The number of anilines is 1. The van der Waals surface area contributed by atoms with Crippen LogP contribution >= 0.6 is 35.7 Å². The van der Waals surface area contributed by atoms with Crippen LogP contribution in [0.2, 0.25) is 0 Å². The van der Waals surface area contributed by atoms with Crippen molar-refractivity contribution < 1.29 is 4.74 Å². The normalized spacial score (nSPS) is 17.2. The summed E-state index contributed by atoms with van der Waals surface area (Å²) in [5.41, 5.74) is 1.23. The van der Waals surface area contributed by atoms with Gasteiger partial charge in [0.25, 0.3) is 0 Å². The molecule has 1 aliphatic heterocycles. The number of halogens is 1. The SMILES string of the molecule is CCNC(=NCCCCSC)NC1CCCN(c2cccc(OC)c2)C1.I. The lowest BCUT2D eigenvalue weighted by atomic mass is 10.0. The molecule has 5 nitrogen and oxygen atoms in total. The Morgan fingerprint density at radius 2 is 2.22 bits per heavy atom. The summed E-state index contributed by atoms with van der Waals surface area (Å²) in [7, 11) is 1.72. The smallest absolute Gasteiger partial charge is 0.191 e. The number of benzene rings is 1. The van der Waals surface area contributed by atoms with Gasteiger partial charge in [0, 0.05) is 44.0 Å². The summed E-state index contributed by atoms with van der Waals surface area (Å²) in [6.07, 6.45) is 6.90. The topological polar surface area (TPSA) is 48.9 Å².